The monoisotopic (exact) mass is 304 g/mol. The Labute approximate surface area is 133 Å². The molecule has 0 unspecified atom stereocenters. The van der Waals surface area contributed by atoms with Crippen molar-refractivity contribution in [1.29, 1.82) is 0 Å². The third-order valence-electron chi connectivity index (χ3n) is 5.03. The van der Waals surface area contributed by atoms with Gasteiger partial charge in [0.05, 0.1) is 0 Å². The van der Waals surface area contributed by atoms with Gasteiger partial charge < -0.3 is 4.90 Å². The highest BCUT2D eigenvalue weighted by atomic mass is 16.2. The van der Waals surface area contributed by atoms with Gasteiger partial charge in [0.1, 0.15) is 5.69 Å². The number of aromatic amines is 1. The molecule has 122 valence electrons. The van der Waals surface area contributed by atoms with Crippen LogP contribution in [-0.4, -0.2) is 58.1 Å². The number of H-pyrrole nitrogens is 1. The number of hydrogen-bond donors (Lipinski definition) is 1. The van der Waals surface area contributed by atoms with Crippen molar-refractivity contribution in [2.24, 2.45) is 0 Å². The van der Waals surface area contributed by atoms with Gasteiger partial charge in [0.25, 0.3) is 5.91 Å². The zero-order valence-corrected chi connectivity index (χ0v) is 13.7. The number of nitrogens with zero attached hydrogens (tertiary/aromatic N) is 3. The highest BCUT2D eigenvalue weighted by Crippen LogP contribution is 2.24. The van der Waals surface area contributed by atoms with Gasteiger partial charge in [0.15, 0.2) is 0 Å². The molecule has 22 heavy (non-hydrogen) atoms. The predicted octanol–water partition coefficient (Wildman–Crippen LogP) is 2.45. The molecule has 1 saturated heterocycles. The van der Waals surface area contributed by atoms with Crippen LogP contribution in [-0.2, 0) is 6.42 Å². The zero-order chi connectivity index (χ0) is 15.4. The standard InChI is InChI=1S/C17H28N4O/c1-2-6-14-13-16(19-18-14)17(22)21-10-5-9-20(11-12-21)15-7-3-4-8-15/h13,15H,2-12H2,1H3,(H,18,19). The summed E-state index contributed by atoms with van der Waals surface area (Å²) < 4.78 is 0. The molecule has 1 N–H and O–H groups in total. The SMILES string of the molecule is CCCc1cc(C(=O)N2CCCN(C3CCCC3)CC2)n[nH]1. The maximum atomic E-state index is 12.6. The van der Waals surface area contributed by atoms with E-state index in [1.807, 2.05) is 11.0 Å². The molecule has 1 aliphatic carbocycles. The van der Waals surface area contributed by atoms with E-state index in [2.05, 4.69) is 22.0 Å². The summed E-state index contributed by atoms with van der Waals surface area (Å²) in [6, 6.07) is 2.68. The second-order valence-electron chi connectivity index (χ2n) is 6.65. The van der Waals surface area contributed by atoms with Crippen LogP contribution in [0.2, 0.25) is 0 Å². The molecule has 2 heterocycles. The zero-order valence-electron chi connectivity index (χ0n) is 13.7. The van der Waals surface area contributed by atoms with E-state index < -0.39 is 0 Å². The van der Waals surface area contributed by atoms with Crippen LogP contribution in [0.3, 0.4) is 0 Å². The highest BCUT2D eigenvalue weighted by molar-refractivity contribution is 5.92. The van der Waals surface area contributed by atoms with E-state index in [-0.39, 0.29) is 5.91 Å². The third-order valence-corrected chi connectivity index (χ3v) is 5.03. The molecule has 3 rings (SSSR count). The highest BCUT2D eigenvalue weighted by Gasteiger charge is 2.27. The Bertz CT molecular complexity index is 493. The maximum absolute atomic E-state index is 12.6. The van der Waals surface area contributed by atoms with Crippen molar-refractivity contribution in [2.75, 3.05) is 26.2 Å². The van der Waals surface area contributed by atoms with Crippen LogP contribution in [0, 0.1) is 0 Å². The Morgan fingerprint density at radius 3 is 2.82 bits per heavy atom. The average molecular weight is 304 g/mol. The minimum absolute atomic E-state index is 0.0897. The molecule has 0 aromatic carbocycles. The summed E-state index contributed by atoms with van der Waals surface area (Å²) in [6.45, 7) is 5.98. The number of amides is 1. The minimum Gasteiger partial charge on any atom is -0.336 e. The molecule has 0 bridgehead atoms. The minimum atomic E-state index is 0.0897. The van der Waals surface area contributed by atoms with E-state index in [4.69, 9.17) is 0 Å². The number of rotatable bonds is 4. The van der Waals surface area contributed by atoms with Gasteiger partial charge in [0, 0.05) is 37.9 Å². The van der Waals surface area contributed by atoms with Crippen molar-refractivity contribution in [3.8, 4) is 0 Å². The summed E-state index contributed by atoms with van der Waals surface area (Å²) in [6.07, 6.45) is 8.52. The van der Waals surface area contributed by atoms with Gasteiger partial charge >= 0.3 is 0 Å². The van der Waals surface area contributed by atoms with Crippen molar-refractivity contribution in [1.82, 2.24) is 20.0 Å². The molecule has 0 spiro atoms. The molecule has 0 radical (unpaired) electrons. The van der Waals surface area contributed by atoms with Gasteiger partial charge in [-0.1, -0.05) is 26.2 Å². The summed E-state index contributed by atoms with van der Waals surface area (Å²) >= 11 is 0. The van der Waals surface area contributed by atoms with Crippen molar-refractivity contribution < 1.29 is 4.79 Å². The van der Waals surface area contributed by atoms with Gasteiger partial charge in [-0.05, 0) is 31.7 Å². The smallest absolute Gasteiger partial charge is 0.274 e. The Hall–Kier alpha value is -1.36. The first kappa shape index (κ1) is 15.5. The van der Waals surface area contributed by atoms with E-state index in [1.165, 1.54) is 25.7 Å². The van der Waals surface area contributed by atoms with Crippen LogP contribution >= 0.6 is 0 Å². The summed E-state index contributed by atoms with van der Waals surface area (Å²) in [4.78, 5) is 17.2. The number of aryl methyl sites for hydroxylation is 1. The quantitative estimate of drug-likeness (QED) is 0.929. The summed E-state index contributed by atoms with van der Waals surface area (Å²) in [5.41, 5.74) is 1.64. The van der Waals surface area contributed by atoms with Crippen LogP contribution in [0.4, 0.5) is 0 Å². The maximum Gasteiger partial charge on any atom is 0.274 e. The summed E-state index contributed by atoms with van der Waals surface area (Å²) in [5, 5.41) is 7.20. The van der Waals surface area contributed by atoms with Gasteiger partial charge in [-0.2, -0.15) is 5.10 Å². The second-order valence-corrected chi connectivity index (χ2v) is 6.65. The third kappa shape index (κ3) is 3.51. The van der Waals surface area contributed by atoms with E-state index in [9.17, 15) is 4.79 Å². The number of carbonyl (C=O) groups excluding carboxylic acids is 1. The van der Waals surface area contributed by atoms with Crippen molar-refractivity contribution in [3.05, 3.63) is 17.5 Å². The van der Waals surface area contributed by atoms with Crippen molar-refractivity contribution in [2.45, 2.75) is 57.9 Å². The Kier molecular flexibility index (Phi) is 5.13. The molecule has 5 nitrogen and oxygen atoms in total. The molecule has 2 aliphatic rings. The van der Waals surface area contributed by atoms with E-state index in [1.54, 1.807) is 0 Å². The number of carbonyl (C=O) groups is 1. The topological polar surface area (TPSA) is 52.2 Å². The molecular weight excluding hydrogens is 276 g/mol. The second kappa shape index (κ2) is 7.27. The number of nitrogens with one attached hydrogen (secondary N) is 1. The van der Waals surface area contributed by atoms with Crippen molar-refractivity contribution >= 4 is 5.91 Å². The Morgan fingerprint density at radius 2 is 2.05 bits per heavy atom. The molecule has 1 aromatic rings. The fourth-order valence-electron chi connectivity index (χ4n) is 3.81. The predicted molar refractivity (Wildman–Crippen MR) is 86.9 cm³/mol. The molecule has 1 saturated carbocycles. The first-order chi connectivity index (χ1) is 10.8. The van der Waals surface area contributed by atoms with Gasteiger partial charge in [0.2, 0.25) is 0 Å². The molecule has 1 aliphatic heterocycles. The molecule has 5 heteroatoms. The van der Waals surface area contributed by atoms with Crippen LogP contribution in [0.15, 0.2) is 6.07 Å². The van der Waals surface area contributed by atoms with Crippen LogP contribution in [0.1, 0.15) is 61.6 Å². The van der Waals surface area contributed by atoms with Gasteiger partial charge in [-0.3, -0.25) is 14.8 Å². The van der Waals surface area contributed by atoms with E-state index >= 15 is 0 Å². The van der Waals surface area contributed by atoms with E-state index in [0.29, 0.717) is 5.69 Å². The molecule has 2 fully saturated rings. The summed E-state index contributed by atoms with van der Waals surface area (Å²) in [5.74, 6) is 0.0897. The number of aromatic nitrogens is 2. The fraction of sp³-hybridized carbons (Fsp3) is 0.765. The van der Waals surface area contributed by atoms with E-state index in [0.717, 1.165) is 57.2 Å². The van der Waals surface area contributed by atoms with Crippen LogP contribution in [0.25, 0.3) is 0 Å². The first-order valence-corrected chi connectivity index (χ1v) is 8.85. The van der Waals surface area contributed by atoms with Crippen molar-refractivity contribution in [3.63, 3.8) is 0 Å². The molecule has 1 amide bonds. The van der Waals surface area contributed by atoms with Crippen LogP contribution in [0.5, 0.6) is 0 Å². The number of hydrogen-bond acceptors (Lipinski definition) is 3. The Balaban J connectivity index is 1.58. The molecule has 0 atom stereocenters. The average Bonchev–Trinajstić information content (AvgIpc) is 3.15. The lowest BCUT2D eigenvalue weighted by molar-refractivity contribution is 0.0752. The first-order valence-electron chi connectivity index (χ1n) is 8.85. The normalized spacial score (nSPS) is 21.2. The van der Waals surface area contributed by atoms with Gasteiger partial charge in [-0.25, -0.2) is 0 Å². The summed E-state index contributed by atoms with van der Waals surface area (Å²) in [7, 11) is 0. The molecular formula is C17H28N4O. The van der Waals surface area contributed by atoms with Gasteiger partial charge in [-0.15, -0.1) is 0 Å². The fourth-order valence-corrected chi connectivity index (χ4v) is 3.81. The largest absolute Gasteiger partial charge is 0.336 e. The lowest BCUT2D eigenvalue weighted by Gasteiger charge is -2.27. The lowest BCUT2D eigenvalue weighted by Crippen LogP contribution is -2.38. The Morgan fingerprint density at radius 1 is 1.23 bits per heavy atom. The van der Waals surface area contributed by atoms with Crippen LogP contribution < -0.4 is 0 Å². The molecule has 1 aromatic heterocycles. The lowest BCUT2D eigenvalue weighted by atomic mass is 10.2.